The second kappa shape index (κ2) is 9.01. The highest BCUT2D eigenvalue weighted by Crippen LogP contribution is 2.51. The summed E-state index contributed by atoms with van der Waals surface area (Å²) in [5.74, 6) is -7.82. The van der Waals surface area contributed by atoms with Crippen molar-refractivity contribution in [1.29, 1.82) is 0 Å². The van der Waals surface area contributed by atoms with Crippen molar-refractivity contribution in [3.05, 3.63) is 28.3 Å². The lowest BCUT2D eigenvalue weighted by Crippen LogP contribution is -2.55. The fourth-order valence-electron chi connectivity index (χ4n) is 2.45. The molecule has 0 aromatic heterocycles. The third-order valence-corrected chi connectivity index (χ3v) is 7.06. The lowest BCUT2D eigenvalue weighted by molar-refractivity contribution is -0.388. The van der Waals surface area contributed by atoms with Gasteiger partial charge in [0.1, 0.15) is 0 Å². The molecule has 1 saturated heterocycles. The van der Waals surface area contributed by atoms with E-state index < -0.39 is 48.6 Å². The smallest absolute Gasteiger partial charge is 0.378 e. The van der Waals surface area contributed by atoms with Crippen LogP contribution < -0.4 is 0 Å². The van der Waals surface area contributed by atoms with E-state index in [1.165, 1.54) is 4.90 Å². The van der Waals surface area contributed by atoms with Crippen LogP contribution in [0.15, 0.2) is 28.0 Å². The van der Waals surface area contributed by atoms with Crippen molar-refractivity contribution >= 4 is 33.2 Å². The Morgan fingerprint density at radius 1 is 1.12 bits per heavy atom. The lowest BCUT2D eigenvalue weighted by atomic mass is 10.3. The van der Waals surface area contributed by atoms with E-state index in [4.69, 9.17) is 4.74 Å². The number of nitrogens with zero attached hydrogens (tertiary/aromatic N) is 2. The highest BCUT2D eigenvalue weighted by atomic mass is 32.2. The third kappa shape index (κ3) is 4.78. The summed E-state index contributed by atoms with van der Waals surface area (Å²) >= 11 is 0.530. The molecule has 32 heavy (non-hydrogen) atoms. The molecule has 180 valence electrons. The molecule has 0 radical (unpaired) electrons. The van der Waals surface area contributed by atoms with Gasteiger partial charge in [0.25, 0.3) is 15.5 Å². The van der Waals surface area contributed by atoms with Gasteiger partial charge in [0.15, 0.2) is 0 Å². The maximum Gasteiger partial charge on any atom is 0.461 e. The molecule has 0 saturated carbocycles. The lowest BCUT2D eigenvalue weighted by Gasteiger charge is -2.27. The van der Waals surface area contributed by atoms with Crippen molar-refractivity contribution in [2.45, 2.75) is 27.1 Å². The molecule has 8 nitrogen and oxygen atoms in total. The minimum absolute atomic E-state index is 0.0583. The molecule has 1 fully saturated rings. The van der Waals surface area contributed by atoms with Gasteiger partial charge in [-0.1, -0.05) is 0 Å². The number of carbonyl (C=O) groups is 1. The van der Waals surface area contributed by atoms with E-state index in [0.717, 1.165) is 0 Å². The molecular weight excluding hydrogens is 501 g/mol. The summed E-state index contributed by atoms with van der Waals surface area (Å²) in [6, 6.07) is 0.742. The number of thioether (sulfide) groups is 1. The number of hydrogen-bond donors (Lipinski definition) is 0. The maximum atomic E-state index is 13.8. The number of rotatable bonds is 7. The SMILES string of the molecule is O=C(CSc1ccc(S(=O)(=O)C(F)(F)C(F)(F)C(F)(F)F)cc1[N+](=O)[O-])N1CCOCC1. The van der Waals surface area contributed by atoms with Gasteiger partial charge in [-0.2, -0.15) is 30.7 Å². The number of amides is 1. The first-order valence-electron chi connectivity index (χ1n) is 8.38. The van der Waals surface area contributed by atoms with Crippen LogP contribution in [0, 0.1) is 10.1 Å². The Bertz CT molecular complexity index is 994. The molecule has 0 bridgehead atoms. The van der Waals surface area contributed by atoms with Gasteiger partial charge in [0.05, 0.1) is 33.7 Å². The standard InChI is InChI=1S/C15H13F7N2O6S2/c16-13(17,14(18,19)20)15(21,22)32(28,29)9-1-2-11(10(7-9)24(26)27)31-8-12(25)23-3-5-30-6-4-23/h1-2,7H,3-6,8H2. The monoisotopic (exact) mass is 514 g/mol. The molecular formula is C15H13F7N2O6S2. The van der Waals surface area contributed by atoms with Crippen LogP contribution in [0.3, 0.4) is 0 Å². The molecule has 0 aliphatic carbocycles. The highest BCUT2D eigenvalue weighted by molar-refractivity contribution is 8.00. The van der Waals surface area contributed by atoms with Gasteiger partial charge in [0.2, 0.25) is 5.91 Å². The first-order valence-corrected chi connectivity index (χ1v) is 10.8. The van der Waals surface area contributed by atoms with Crippen molar-refractivity contribution in [2.24, 2.45) is 0 Å². The van der Waals surface area contributed by atoms with Crippen LogP contribution in [0.4, 0.5) is 36.4 Å². The zero-order valence-electron chi connectivity index (χ0n) is 15.6. The van der Waals surface area contributed by atoms with Crippen molar-refractivity contribution in [3.8, 4) is 0 Å². The molecule has 17 heteroatoms. The summed E-state index contributed by atoms with van der Waals surface area (Å²) in [6.45, 7) is 1.03. The molecule has 0 N–H and O–H groups in total. The Morgan fingerprint density at radius 3 is 2.19 bits per heavy atom. The van der Waals surface area contributed by atoms with E-state index in [0.29, 0.717) is 17.8 Å². The van der Waals surface area contributed by atoms with E-state index in [2.05, 4.69) is 0 Å². The molecule has 2 rings (SSSR count). The number of nitro groups is 1. The Labute approximate surface area is 179 Å². The molecule has 1 aromatic carbocycles. The number of morpholine rings is 1. The Hall–Kier alpha value is -2.14. The van der Waals surface area contributed by atoms with Crippen LogP contribution in [0.1, 0.15) is 0 Å². The van der Waals surface area contributed by atoms with Crippen molar-refractivity contribution < 1.29 is 53.6 Å². The number of benzene rings is 1. The number of alkyl halides is 7. The van der Waals surface area contributed by atoms with E-state index in [1.807, 2.05) is 0 Å². The summed E-state index contributed by atoms with van der Waals surface area (Å²) in [4.78, 5) is 21.3. The molecule has 0 unspecified atom stereocenters. The van der Waals surface area contributed by atoms with Crippen LogP contribution in [0.5, 0.6) is 0 Å². The molecule has 1 aromatic rings. The van der Waals surface area contributed by atoms with E-state index in [-0.39, 0.29) is 49.1 Å². The average Bonchev–Trinajstić information content (AvgIpc) is 2.71. The maximum absolute atomic E-state index is 13.8. The van der Waals surface area contributed by atoms with Crippen LogP contribution in [-0.2, 0) is 19.4 Å². The fourth-order valence-corrected chi connectivity index (χ4v) is 4.62. The summed E-state index contributed by atoms with van der Waals surface area (Å²) in [6.07, 6.45) is -6.91. The van der Waals surface area contributed by atoms with E-state index in [9.17, 15) is 54.1 Å². The Kier molecular flexibility index (Phi) is 7.35. The predicted molar refractivity (Wildman–Crippen MR) is 94.4 cm³/mol. The van der Waals surface area contributed by atoms with Crippen LogP contribution in [0.25, 0.3) is 0 Å². The molecule has 0 spiro atoms. The second-order valence-corrected chi connectivity index (χ2v) is 9.27. The molecule has 1 amide bonds. The number of nitro benzene ring substituents is 1. The molecule has 1 heterocycles. The normalized spacial score (nSPS) is 16.2. The van der Waals surface area contributed by atoms with Crippen LogP contribution in [0.2, 0.25) is 0 Å². The van der Waals surface area contributed by atoms with Crippen LogP contribution >= 0.6 is 11.8 Å². The summed E-state index contributed by atoms with van der Waals surface area (Å²) < 4.78 is 120. The van der Waals surface area contributed by atoms with Crippen LogP contribution in [-0.4, -0.2) is 73.6 Å². The van der Waals surface area contributed by atoms with Crippen molar-refractivity contribution in [2.75, 3.05) is 32.1 Å². The van der Waals surface area contributed by atoms with Crippen molar-refractivity contribution in [1.82, 2.24) is 4.90 Å². The second-order valence-electron chi connectivity index (χ2n) is 6.26. The zero-order chi connectivity index (χ0) is 24.5. The summed E-state index contributed by atoms with van der Waals surface area (Å²) in [5.41, 5.74) is -1.17. The summed E-state index contributed by atoms with van der Waals surface area (Å²) in [7, 11) is -6.71. The van der Waals surface area contributed by atoms with Gasteiger partial charge in [-0.3, -0.25) is 14.9 Å². The Balaban J connectivity index is 2.36. The van der Waals surface area contributed by atoms with Gasteiger partial charge in [-0.25, -0.2) is 8.42 Å². The zero-order valence-corrected chi connectivity index (χ0v) is 17.2. The van der Waals surface area contributed by atoms with E-state index >= 15 is 0 Å². The van der Waals surface area contributed by atoms with Gasteiger partial charge in [-0.05, 0) is 12.1 Å². The quantitative estimate of drug-likeness (QED) is 0.238. The third-order valence-electron chi connectivity index (χ3n) is 4.21. The van der Waals surface area contributed by atoms with Crippen molar-refractivity contribution in [3.63, 3.8) is 0 Å². The van der Waals surface area contributed by atoms with Gasteiger partial charge < -0.3 is 9.64 Å². The van der Waals surface area contributed by atoms with Gasteiger partial charge >= 0.3 is 17.4 Å². The largest absolute Gasteiger partial charge is 0.461 e. The highest BCUT2D eigenvalue weighted by Gasteiger charge is 2.78. The van der Waals surface area contributed by atoms with Gasteiger partial charge in [-0.15, -0.1) is 11.8 Å². The van der Waals surface area contributed by atoms with E-state index in [1.54, 1.807) is 0 Å². The summed E-state index contributed by atoms with van der Waals surface area (Å²) in [5, 5.41) is 4.58. The first-order chi connectivity index (χ1) is 14.5. The number of carbonyl (C=O) groups excluding carboxylic acids is 1. The molecule has 1 aliphatic heterocycles. The molecule has 0 atom stereocenters. The minimum Gasteiger partial charge on any atom is -0.378 e. The van der Waals surface area contributed by atoms with Gasteiger partial charge in [0, 0.05) is 19.2 Å². The predicted octanol–water partition coefficient (Wildman–Crippen LogP) is 3.11. The average molecular weight is 514 g/mol. The fraction of sp³-hybridized carbons (Fsp3) is 0.533. The molecule has 1 aliphatic rings. The minimum atomic E-state index is -6.97. The topological polar surface area (TPSA) is 107 Å². The Morgan fingerprint density at radius 2 is 1.69 bits per heavy atom. The first kappa shape index (κ1) is 26.1. The number of halogens is 7. The number of hydrogen-bond acceptors (Lipinski definition) is 7. The number of sulfone groups is 1. The number of ether oxygens (including phenoxy) is 1.